The minimum atomic E-state index is 0.299. The first-order valence-electron chi connectivity index (χ1n) is 4.86. The van der Waals surface area contributed by atoms with Crippen LogP contribution in [0.15, 0.2) is 6.20 Å². The third-order valence-corrected chi connectivity index (χ3v) is 1.69. The molecule has 0 aromatic carbocycles. The minimum absolute atomic E-state index is 0.299. The molecule has 0 radical (unpaired) electrons. The van der Waals surface area contributed by atoms with E-state index in [1.54, 1.807) is 4.68 Å². The molecule has 0 saturated heterocycles. The fourth-order valence-corrected chi connectivity index (χ4v) is 1.06. The maximum atomic E-state index is 5.38. The highest BCUT2D eigenvalue weighted by Gasteiger charge is 1.97. The Morgan fingerprint density at radius 1 is 1.57 bits per heavy atom. The highest BCUT2D eigenvalue weighted by molar-refractivity contribution is 4.90. The van der Waals surface area contributed by atoms with E-state index in [1.807, 2.05) is 27.1 Å². The van der Waals surface area contributed by atoms with Crippen LogP contribution in [0.1, 0.15) is 19.5 Å². The molecule has 1 aromatic heterocycles. The summed E-state index contributed by atoms with van der Waals surface area (Å²) in [5, 5.41) is 11.0. The van der Waals surface area contributed by atoms with Crippen molar-refractivity contribution in [2.45, 2.75) is 26.5 Å². The number of hydrogen-bond acceptors (Lipinski definition) is 4. The fraction of sp³-hybridized carbons (Fsp3) is 0.778. The van der Waals surface area contributed by atoms with Crippen molar-refractivity contribution < 1.29 is 4.74 Å². The molecular formula is C9H18N4O. The summed E-state index contributed by atoms with van der Waals surface area (Å²) < 4.78 is 7.08. The van der Waals surface area contributed by atoms with Gasteiger partial charge >= 0.3 is 0 Å². The Morgan fingerprint density at radius 2 is 2.36 bits per heavy atom. The number of nitrogens with zero attached hydrogens (tertiary/aromatic N) is 3. The maximum absolute atomic E-state index is 5.38. The van der Waals surface area contributed by atoms with Gasteiger partial charge < -0.3 is 10.1 Å². The third-order valence-electron chi connectivity index (χ3n) is 1.69. The van der Waals surface area contributed by atoms with Crippen molar-refractivity contribution in [3.63, 3.8) is 0 Å². The number of nitrogens with one attached hydrogen (secondary N) is 1. The van der Waals surface area contributed by atoms with E-state index in [9.17, 15) is 0 Å². The molecule has 0 spiro atoms. The summed E-state index contributed by atoms with van der Waals surface area (Å²) in [6.07, 6.45) is 2.20. The highest BCUT2D eigenvalue weighted by Crippen LogP contribution is 1.90. The van der Waals surface area contributed by atoms with E-state index >= 15 is 0 Å². The summed E-state index contributed by atoms with van der Waals surface area (Å²) in [7, 11) is 1.86. The molecule has 0 saturated carbocycles. The second kappa shape index (κ2) is 5.72. The van der Waals surface area contributed by atoms with Crippen LogP contribution in [-0.4, -0.2) is 34.2 Å². The fourth-order valence-electron chi connectivity index (χ4n) is 1.06. The van der Waals surface area contributed by atoms with Crippen LogP contribution < -0.4 is 5.32 Å². The smallest absolute Gasteiger partial charge is 0.0964 e. The number of aryl methyl sites for hydroxylation is 1. The average molecular weight is 198 g/mol. The van der Waals surface area contributed by atoms with Gasteiger partial charge in [-0.1, -0.05) is 5.21 Å². The normalized spacial score (nSPS) is 11.1. The second-order valence-corrected chi connectivity index (χ2v) is 3.48. The van der Waals surface area contributed by atoms with E-state index in [2.05, 4.69) is 15.6 Å². The van der Waals surface area contributed by atoms with Crippen LogP contribution in [0.3, 0.4) is 0 Å². The van der Waals surface area contributed by atoms with Crippen LogP contribution in [-0.2, 0) is 18.3 Å². The molecule has 14 heavy (non-hydrogen) atoms. The molecule has 0 atom stereocenters. The Labute approximate surface area is 84.4 Å². The molecule has 80 valence electrons. The van der Waals surface area contributed by atoms with Crippen molar-refractivity contribution in [2.24, 2.45) is 7.05 Å². The van der Waals surface area contributed by atoms with E-state index in [0.29, 0.717) is 6.10 Å². The predicted molar refractivity (Wildman–Crippen MR) is 53.8 cm³/mol. The summed E-state index contributed by atoms with van der Waals surface area (Å²) in [6, 6.07) is 0. The van der Waals surface area contributed by atoms with Gasteiger partial charge in [-0.25, -0.2) is 0 Å². The van der Waals surface area contributed by atoms with Crippen LogP contribution in [0.25, 0.3) is 0 Å². The molecular weight excluding hydrogens is 180 g/mol. The summed E-state index contributed by atoms with van der Waals surface area (Å²) in [5.74, 6) is 0. The molecule has 0 aliphatic rings. The number of rotatable bonds is 6. The summed E-state index contributed by atoms with van der Waals surface area (Å²) in [6.45, 7) is 6.38. The van der Waals surface area contributed by atoms with Crippen molar-refractivity contribution in [3.8, 4) is 0 Å². The monoisotopic (exact) mass is 198 g/mol. The topological polar surface area (TPSA) is 52.0 Å². The van der Waals surface area contributed by atoms with Crippen LogP contribution in [0.4, 0.5) is 0 Å². The van der Waals surface area contributed by atoms with Crippen molar-refractivity contribution in [3.05, 3.63) is 11.9 Å². The molecule has 1 aromatic rings. The van der Waals surface area contributed by atoms with Gasteiger partial charge in [-0.3, -0.25) is 4.68 Å². The summed E-state index contributed by atoms with van der Waals surface area (Å²) in [4.78, 5) is 0. The maximum Gasteiger partial charge on any atom is 0.0964 e. The highest BCUT2D eigenvalue weighted by atomic mass is 16.5. The lowest BCUT2D eigenvalue weighted by molar-refractivity contribution is 0.0806. The van der Waals surface area contributed by atoms with Gasteiger partial charge in [0, 0.05) is 26.3 Å². The van der Waals surface area contributed by atoms with Gasteiger partial charge in [0.15, 0.2) is 0 Å². The molecule has 5 nitrogen and oxygen atoms in total. The standard InChI is InChI=1S/C9H18N4O/c1-8(2)14-5-4-10-6-9-7-13(3)12-11-9/h7-8,10H,4-6H2,1-3H3. The first-order chi connectivity index (χ1) is 6.68. The van der Waals surface area contributed by atoms with Gasteiger partial charge in [0.2, 0.25) is 0 Å². The first kappa shape index (κ1) is 11.1. The van der Waals surface area contributed by atoms with Crippen molar-refractivity contribution >= 4 is 0 Å². The quantitative estimate of drug-likeness (QED) is 0.669. The lowest BCUT2D eigenvalue weighted by Gasteiger charge is -2.07. The molecule has 1 heterocycles. The average Bonchev–Trinajstić information content (AvgIpc) is 2.50. The molecule has 1 N–H and O–H groups in total. The molecule has 0 aliphatic carbocycles. The van der Waals surface area contributed by atoms with Crippen molar-refractivity contribution in [2.75, 3.05) is 13.2 Å². The van der Waals surface area contributed by atoms with E-state index in [4.69, 9.17) is 4.74 Å². The van der Waals surface area contributed by atoms with Crippen LogP contribution in [0, 0.1) is 0 Å². The number of ether oxygens (including phenoxy) is 1. The van der Waals surface area contributed by atoms with Gasteiger partial charge in [-0.15, -0.1) is 5.10 Å². The lowest BCUT2D eigenvalue weighted by atomic mass is 10.4. The third kappa shape index (κ3) is 4.34. The van der Waals surface area contributed by atoms with E-state index in [-0.39, 0.29) is 0 Å². The Hall–Kier alpha value is -0.940. The number of hydrogen-bond donors (Lipinski definition) is 1. The minimum Gasteiger partial charge on any atom is -0.377 e. The molecule has 0 amide bonds. The van der Waals surface area contributed by atoms with Crippen LogP contribution in [0.5, 0.6) is 0 Å². The van der Waals surface area contributed by atoms with Gasteiger partial charge in [-0.05, 0) is 13.8 Å². The summed E-state index contributed by atoms with van der Waals surface area (Å²) in [5.41, 5.74) is 0.956. The number of aromatic nitrogens is 3. The van der Waals surface area contributed by atoms with Crippen molar-refractivity contribution in [1.29, 1.82) is 0 Å². The zero-order valence-electron chi connectivity index (χ0n) is 9.03. The van der Waals surface area contributed by atoms with E-state index < -0.39 is 0 Å². The van der Waals surface area contributed by atoms with Gasteiger partial charge in [0.25, 0.3) is 0 Å². The lowest BCUT2D eigenvalue weighted by Crippen LogP contribution is -2.21. The van der Waals surface area contributed by atoms with E-state index in [0.717, 1.165) is 25.4 Å². The zero-order chi connectivity index (χ0) is 10.4. The zero-order valence-corrected chi connectivity index (χ0v) is 9.03. The molecule has 0 aliphatic heterocycles. The van der Waals surface area contributed by atoms with Crippen molar-refractivity contribution in [1.82, 2.24) is 20.3 Å². The molecule has 0 unspecified atom stereocenters. The Morgan fingerprint density at radius 3 is 2.93 bits per heavy atom. The van der Waals surface area contributed by atoms with Gasteiger partial charge in [0.1, 0.15) is 0 Å². The van der Waals surface area contributed by atoms with E-state index in [1.165, 1.54) is 0 Å². The van der Waals surface area contributed by atoms with Crippen LogP contribution >= 0.6 is 0 Å². The molecule has 1 rings (SSSR count). The molecule has 0 fully saturated rings. The van der Waals surface area contributed by atoms with Crippen LogP contribution in [0.2, 0.25) is 0 Å². The first-order valence-corrected chi connectivity index (χ1v) is 4.86. The summed E-state index contributed by atoms with van der Waals surface area (Å²) >= 11 is 0. The predicted octanol–water partition coefficient (Wildman–Crippen LogP) is 0.330. The Balaban J connectivity index is 2.04. The Kier molecular flexibility index (Phi) is 4.55. The second-order valence-electron chi connectivity index (χ2n) is 3.48. The largest absolute Gasteiger partial charge is 0.377 e. The molecule has 0 bridgehead atoms. The Bertz CT molecular complexity index is 259. The van der Waals surface area contributed by atoms with Gasteiger partial charge in [-0.2, -0.15) is 0 Å². The molecule has 5 heteroatoms. The SMILES string of the molecule is CC(C)OCCNCc1cn(C)nn1. The van der Waals surface area contributed by atoms with Gasteiger partial charge in [0.05, 0.1) is 18.4 Å².